The van der Waals surface area contributed by atoms with Crippen LogP contribution in [0, 0.1) is 6.92 Å². The highest BCUT2D eigenvalue weighted by molar-refractivity contribution is 8.14. The number of rotatable bonds is 5. The summed E-state index contributed by atoms with van der Waals surface area (Å²) in [5.41, 5.74) is 2.25. The molecule has 0 spiro atoms. The van der Waals surface area contributed by atoms with E-state index in [0.29, 0.717) is 17.1 Å². The Kier molecular flexibility index (Phi) is 6.10. The third-order valence-electron chi connectivity index (χ3n) is 3.96. The zero-order chi connectivity index (χ0) is 20.1. The number of carbonyl (C=O) groups is 3. The minimum atomic E-state index is -0.530. The van der Waals surface area contributed by atoms with Crippen LogP contribution in [0.4, 0.5) is 11.4 Å². The van der Waals surface area contributed by atoms with Crippen LogP contribution in [0.15, 0.2) is 53.5 Å². The number of carbonyl (C=O) groups excluding carboxylic acids is 3. The van der Waals surface area contributed by atoms with E-state index in [0.717, 1.165) is 17.3 Å². The second-order valence-corrected chi connectivity index (χ2v) is 7.01. The van der Waals surface area contributed by atoms with Gasteiger partial charge in [-0.05, 0) is 31.2 Å². The number of methoxy groups -OCH3 is 1. The molecule has 2 aromatic rings. The number of amides is 3. The van der Waals surface area contributed by atoms with Gasteiger partial charge in [-0.2, -0.15) is 4.99 Å². The Bertz CT molecular complexity index is 941. The van der Waals surface area contributed by atoms with Crippen molar-refractivity contribution >= 4 is 46.0 Å². The third kappa shape index (κ3) is 4.58. The van der Waals surface area contributed by atoms with Crippen molar-refractivity contribution in [3.05, 3.63) is 54.1 Å². The van der Waals surface area contributed by atoms with E-state index in [1.807, 2.05) is 31.2 Å². The largest absolute Gasteiger partial charge is 0.495 e. The van der Waals surface area contributed by atoms with E-state index >= 15 is 0 Å². The quantitative estimate of drug-likeness (QED) is 0.784. The van der Waals surface area contributed by atoms with Gasteiger partial charge in [0.2, 0.25) is 11.8 Å². The molecule has 2 aromatic carbocycles. The van der Waals surface area contributed by atoms with Crippen molar-refractivity contribution in [2.45, 2.75) is 13.3 Å². The predicted octanol–water partition coefficient (Wildman–Crippen LogP) is 2.99. The summed E-state index contributed by atoms with van der Waals surface area (Å²) in [4.78, 5) is 41.9. The van der Waals surface area contributed by atoms with Crippen molar-refractivity contribution in [3.63, 3.8) is 0 Å². The highest BCUT2D eigenvalue weighted by Gasteiger charge is 2.31. The molecule has 0 atom stereocenters. The number of nitrogens with zero attached hydrogens (tertiary/aromatic N) is 2. The van der Waals surface area contributed by atoms with Gasteiger partial charge in [0.25, 0.3) is 5.91 Å². The van der Waals surface area contributed by atoms with E-state index in [-0.39, 0.29) is 23.2 Å². The highest BCUT2D eigenvalue weighted by Crippen LogP contribution is 2.32. The van der Waals surface area contributed by atoms with Crippen LogP contribution < -0.4 is 15.0 Å². The highest BCUT2D eigenvalue weighted by atomic mass is 32.2. The van der Waals surface area contributed by atoms with Crippen molar-refractivity contribution in [3.8, 4) is 5.75 Å². The Hall–Kier alpha value is -3.13. The summed E-state index contributed by atoms with van der Waals surface area (Å²) >= 11 is 1.02. The molecule has 0 aliphatic carbocycles. The summed E-state index contributed by atoms with van der Waals surface area (Å²) < 4.78 is 5.31. The van der Waals surface area contributed by atoms with Crippen LogP contribution in [0.25, 0.3) is 0 Å². The summed E-state index contributed by atoms with van der Waals surface area (Å²) in [6, 6.07) is 14.4. The zero-order valence-corrected chi connectivity index (χ0v) is 16.3. The number of nitrogens with one attached hydrogen (secondary N) is 1. The molecule has 0 saturated carbocycles. The van der Waals surface area contributed by atoms with Crippen molar-refractivity contribution in [2.75, 3.05) is 23.1 Å². The van der Waals surface area contributed by atoms with Crippen LogP contribution >= 0.6 is 11.8 Å². The lowest BCUT2D eigenvalue weighted by Crippen LogP contribution is -2.41. The standard InChI is InChI=1S/C20H19N3O4S/c1-13-7-9-14(10-8-13)21-18(25)12-28-20-22-17(24)11-19(26)23(20)15-5-3-4-6-16(15)27-2/h3-10H,11-12H2,1-2H3,(H,21,25). The molecular weight excluding hydrogens is 378 g/mol. The third-order valence-corrected chi connectivity index (χ3v) is 4.90. The van der Waals surface area contributed by atoms with E-state index < -0.39 is 11.8 Å². The first-order valence-electron chi connectivity index (χ1n) is 8.54. The van der Waals surface area contributed by atoms with Gasteiger partial charge in [-0.25, -0.2) is 0 Å². The van der Waals surface area contributed by atoms with Gasteiger partial charge in [-0.3, -0.25) is 19.3 Å². The fourth-order valence-corrected chi connectivity index (χ4v) is 3.45. The number of thioether (sulfide) groups is 1. The molecule has 28 heavy (non-hydrogen) atoms. The Morgan fingerprint density at radius 1 is 1.18 bits per heavy atom. The lowest BCUT2D eigenvalue weighted by Gasteiger charge is -2.27. The molecule has 0 unspecified atom stereocenters. The van der Waals surface area contributed by atoms with Crippen LogP contribution in [0.5, 0.6) is 5.75 Å². The van der Waals surface area contributed by atoms with Gasteiger partial charge in [-0.15, -0.1) is 0 Å². The molecule has 144 valence electrons. The summed E-state index contributed by atoms with van der Waals surface area (Å²) in [6.07, 6.45) is -0.322. The van der Waals surface area contributed by atoms with E-state index in [4.69, 9.17) is 4.74 Å². The maximum absolute atomic E-state index is 12.5. The molecular formula is C20H19N3O4S. The lowest BCUT2D eigenvalue weighted by molar-refractivity contribution is -0.126. The van der Waals surface area contributed by atoms with Gasteiger partial charge in [0, 0.05) is 5.69 Å². The van der Waals surface area contributed by atoms with E-state index in [1.165, 1.54) is 12.0 Å². The summed E-state index contributed by atoms with van der Waals surface area (Å²) in [5, 5.41) is 2.94. The number of para-hydroxylation sites is 2. The number of aryl methyl sites for hydroxylation is 1. The van der Waals surface area contributed by atoms with Crippen LogP contribution in [0.3, 0.4) is 0 Å². The van der Waals surface area contributed by atoms with Crippen LogP contribution in [0.2, 0.25) is 0 Å². The minimum absolute atomic E-state index is 0.00107. The first-order valence-corrected chi connectivity index (χ1v) is 9.53. The second-order valence-electron chi connectivity index (χ2n) is 6.07. The average molecular weight is 397 g/mol. The van der Waals surface area contributed by atoms with Gasteiger partial charge in [-0.1, -0.05) is 41.6 Å². The van der Waals surface area contributed by atoms with E-state index in [2.05, 4.69) is 10.3 Å². The first-order chi connectivity index (χ1) is 13.5. The fourth-order valence-electron chi connectivity index (χ4n) is 2.62. The minimum Gasteiger partial charge on any atom is -0.495 e. The molecule has 8 heteroatoms. The van der Waals surface area contributed by atoms with Gasteiger partial charge in [0.1, 0.15) is 12.2 Å². The Morgan fingerprint density at radius 3 is 2.61 bits per heavy atom. The Balaban J connectivity index is 1.75. The lowest BCUT2D eigenvalue weighted by atomic mass is 10.2. The van der Waals surface area contributed by atoms with Gasteiger partial charge >= 0.3 is 0 Å². The topological polar surface area (TPSA) is 88.1 Å². The van der Waals surface area contributed by atoms with E-state index in [1.54, 1.807) is 24.3 Å². The summed E-state index contributed by atoms with van der Waals surface area (Å²) in [7, 11) is 1.50. The normalized spacial score (nSPS) is 13.9. The number of aliphatic imine (C=N–C) groups is 1. The smallest absolute Gasteiger partial charge is 0.257 e. The predicted molar refractivity (Wildman–Crippen MR) is 110 cm³/mol. The molecule has 1 aliphatic heterocycles. The van der Waals surface area contributed by atoms with Crippen LogP contribution in [0.1, 0.15) is 12.0 Å². The molecule has 0 bridgehead atoms. The SMILES string of the molecule is COc1ccccc1N1C(=O)CC(=O)N=C1SCC(=O)Nc1ccc(C)cc1. The van der Waals surface area contributed by atoms with E-state index in [9.17, 15) is 14.4 Å². The number of anilines is 2. The van der Waals surface area contributed by atoms with Gasteiger partial charge < -0.3 is 10.1 Å². The van der Waals surface area contributed by atoms with Crippen molar-refractivity contribution in [2.24, 2.45) is 4.99 Å². The molecule has 7 nitrogen and oxygen atoms in total. The number of ether oxygens (including phenoxy) is 1. The number of amidine groups is 1. The molecule has 0 radical (unpaired) electrons. The molecule has 0 fully saturated rings. The van der Waals surface area contributed by atoms with Gasteiger partial charge in [0.05, 0.1) is 18.6 Å². The molecule has 1 aliphatic rings. The van der Waals surface area contributed by atoms with Crippen molar-refractivity contribution in [1.29, 1.82) is 0 Å². The number of hydrogen-bond donors (Lipinski definition) is 1. The summed E-state index contributed by atoms with van der Waals surface area (Å²) in [5.74, 6) is -0.730. The van der Waals surface area contributed by atoms with Crippen LogP contribution in [-0.4, -0.2) is 35.8 Å². The van der Waals surface area contributed by atoms with Gasteiger partial charge in [0.15, 0.2) is 5.17 Å². The average Bonchev–Trinajstić information content (AvgIpc) is 2.68. The number of benzene rings is 2. The monoisotopic (exact) mass is 397 g/mol. The van der Waals surface area contributed by atoms with Crippen molar-refractivity contribution < 1.29 is 19.1 Å². The fraction of sp³-hybridized carbons (Fsp3) is 0.200. The van der Waals surface area contributed by atoms with Crippen molar-refractivity contribution in [1.82, 2.24) is 0 Å². The molecule has 1 heterocycles. The maximum atomic E-state index is 12.5. The molecule has 0 aromatic heterocycles. The Morgan fingerprint density at radius 2 is 1.89 bits per heavy atom. The first kappa shape index (κ1) is 19.6. The molecule has 3 rings (SSSR count). The number of hydrogen-bond acceptors (Lipinski definition) is 5. The molecule has 0 saturated heterocycles. The maximum Gasteiger partial charge on any atom is 0.257 e. The Labute approximate surface area is 166 Å². The zero-order valence-electron chi connectivity index (χ0n) is 15.5. The summed E-state index contributed by atoms with van der Waals surface area (Å²) in [6.45, 7) is 1.96. The van der Waals surface area contributed by atoms with Crippen LogP contribution in [-0.2, 0) is 14.4 Å². The molecule has 1 N–H and O–H groups in total. The second kappa shape index (κ2) is 8.71. The molecule has 3 amide bonds.